The first-order valence-electron chi connectivity index (χ1n) is 10.9. The normalized spacial score (nSPS) is 20.5. The van der Waals surface area contributed by atoms with Crippen LogP contribution in [0.15, 0.2) is 24.3 Å². The minimum Gasteiger partial charge on any atom is -0.497 e. The molecule has 1 heterocycles. The number of ether oxygens (including phenoxy) is 1. The Labute approximate surface area is 179 Å². The molecule has 0 aliphatic carbocycles. The molecule has 1 aliphatic heterocycles. The molecule has 1 aliphatic rings. The molecule has 0 saturated carbocycles. The van der Waals surface area contributed by atoms with E-state index in [1.54, 1.807) is 21.0 Å². The van der Waals surface area contributed by atoms with Crippen molar-refractivity contribution >= 4 is 17.7 Å². The second-order valence-corrected chi connectivity index (χ2v) is 8.87. The van der Waals surface area contributed by atoms with E-state index >= 15 is 0 Å². The first-order chi connectivity index (χ1) is 14.2. The van der Waals surface area contributed by atoms with Crippen molar-refractivity contribution in [1.29, 1.82) is 0 Å². The van der Waals surface area contributed by atoms with Crippen molar-refractivity contribution in [3.05, 3.63) is 29.8 Å². The maximum Gasteiger partial charge on any atom is 0.326 e. The molecule has 3 unspecified atom stereocenters. The topological polar surface area (TPSA) is 83.9 Å². The number of nitrogens with zero attached hydrogens (tertiary/aromatic N) is 1. The van der Waals surface area contributed by atoms with Gasteiger partial charge in [0.05, 0.1) is 7.11 Å². The molecule has 1 aromatic rings. The monoisotopic (exact) mass is 417 g/mol. The number of carboxylic acids is 1. The quantitative estimate of drug-likeness (QED) is 0.607. The van der Waals surface area contributed by atoms with Crippen molar-refractivity contribution in [3.63, 3.8) is 0 Å². The standard InChI is InChI=1S/C24H35NO5/c1-6-8-19(16-9-11-18(30-5)12-10-16)17-13-14-25(20(15-17)23(28)29)22(27)21(26)24(3,4)7-2/h9-12,17,19-20H,6-8,13-15H2,1-5H3,(H,28,29). The number of carbonyl (C=O) groups is 3. The molecule has 2 rings (SSSR count). The molecule has 0 spiro atoms. The van der Waals surface area contributed by atoms with Crippen LogP contribution in [0.3, 0.4) is 0 Å². The van der Waals surface area contributed by atoms with Crippen LogP contribution in [-0.4, -0.2) is 47.4 Å². The predicted molar refractivity (Wildman–Crippen MR) is 116 cm³/mol. The minimum absolute atomic E-state index is 0.137. The Morgan fingerprint density at radius 1 is 1.20 bits per heavy atom. The van der Waals surface area contributed by atoms with Gasteiger partial charge in [-0.2, -0.15) is 0 Å². The van der Waals surface area contributed by atoms with Gasteiger partial charge in [0.25, 0.3) is 5.91 Å². The van der Waals surface area contributed by atoms with Crippen molar-refractivity contribution in [3.8, 4) is 5.75 Å². The van der Waals surface area contributed by atoms with E-state index in [0.29, 0.717) is 25.8 Å². The summed E-state index contributed by atoms with van der Waals surface area (Å²) in [5.74, 6) is -1.07. The second-order valence-electron chi connectivity index (χ2n) is 8.87. The smallest absolute Gasteiger partial charge is 0.326 e. The summed E-state index contributed by atoms with van der Waals surface area (Å²) in [7, 11) is 1.63. The number of rotatable bonds is 9. The fourth-order valence-electron chi connectivity index (χ4n) is 4.25. The van der Waals surface area contributed by atoms with Gasteiger partial charge in [0, 0.05) is 12.0 Å². The van der Waals surface area contributed by atoms with Gasteiger partial charge in [0.15, 0.2) is 0 Å². The molecule has 0 bridgehead atoms. The molecule has 0 radical (unpaired) electrons. The molecular weight excluding hydrogens is 382 g/mol. The number of carbonyl (C=O) groups excluding carboxylic acids is 2. The fourth-order valence-corrected chi connectivity index (χ4v) is 4.25. The highest BCUT2D eigenvalue weighted by atomic mass is 16.5. The lowest BCUT2D eigenvalue weighted by atomic mass is 9.75. The highest BCUT2D eigenvalue weighted by Gasteiger charge is 2.43. The van der Waals surface area contributed by atoms with Crippen molar-refractivity contribution in [2.75, 3.05) is 13.7 Å². The molecule has 6 nitrogen and oxygen atoms in total. The van der Waals surface area contributed by atoms with Crippen molar-refractivity contribution in [1.82, 2.24) is 4.90 Å². The van der Waals surface area contributed by atoms with E-state index in [-0.39, 0.29) is 11.8 Å². The van der Waals surface area contributed by atoms with Gasteiger partial charge in [0.2, 0.25) is 5.78 Å². The molecule has 6 heteroatoms. The summed E-state index contributed by atoms with van der Waals surface area (Å²) >= 11 is 0. The minimum atomic E-state index is -1.04. The molecule has 1 amide bonds. The Morgan fingerprint density at radius 2 is 1.83 bits per heavy atom. The van der Waals surface area contributed by atoms with Gasteiger partial charge in [-0.1, -0.05) is 46.2 Å². The number of aliphatic carboxylic acids is 1. The third-order valence-corrected chi connectivity index (χ3v) is 6.59. The van der Waals surface area contributed by atoms with E-state index < -0.39 is 29.1 Å². The van der Waals surface area contributed by atoms with Gasteiger partial charge in [-0.25, -0.2) is 4.79 Å². The maximum absolute atomic E-state index is 12.9. The van der Waals surface area contributed by atoms with Crippen LogP contribution in [0.4, 0.5) is 0 Å². The third kappa shape index (κ3) is 5.21. The summed E-state index contributed by atoms with van der Waals surface area (Å²) < 4.78 is 5.25. The number of benzene rings is 1. The summed E-state index contributed by atoms with van der Waals surface area (Å²) in [6, 6.07) is 6.97. The van der Waals surface area contributed by atoms with E-state index in [0.717, 1.165) is 24.2 Å². The van der Waals surface area contributed by atoms with Crippen LogP contribution in [0.2, 0.25) is 0 Å². The number of amides is 1. The third-order valence-electron chi connectivity index (χ3n) is 6.59. The molecular formula is C24H35NO5. The van der Waals surface area contributed by atoms with Crippen LogP contribution in [0.1, 0.15) is 71.3 Å². The Kier molecular flexibility index (Phi) is 8.04. The van der Waals surface area contributed by atoms with Crippen LogP contribution < -0.4 is 4.74 Å². The van der Waals surface area contributed by atoms with E-state index in [1.165, 1.54) is 4.90 Å². The highest BCUT2D eigenvalue weighted by molar-refractivity contribution is 6.38. The number of piperidine rings is 1. The van der Waals surface area contributed by atoms with Crippen LogP contribution >= 0.6 is 0 Å². The van der Waals surface area contributed by atoms with Crippen molar-refractivity contribution < 1.29 is 24.2 Å². The maximum atomic E-state index is 12.9. The number of Topliss-reactive ketones (excluding diaryl/α,β-unsaturated/α-hetero) is 1. The van der Waals surface area contributed by atoms with E-state index in [9.17, 15) is 19.5 Å². The Balaban J connectivity index is 2.24. The Morgan fingerprint density at radius 3 is 2.33 bits per heavy atom. The SMILES string of the molecule is CCCC(c1ccc(OC)cc1)C1CCN(C(=O)C(=O)C(C)(C)CC)C(C(=O)O)C1. The predicted octanol–water partition coefficient (Wildman–Crippen LogP) is 4.28. The van der Waals surface area contributed by atoms with Crippen molar-refractivity contribution in [2.24, 2.45) is 11.3 Å². The molecule has 0 aromatic heterocycles. The highest BCUT2D eigenvalue weighted by Crippen LogP contribution is 2.39. The van der Waals surface area contributed by atoms with E-state index in [4.69, 9.17) is 4.74 Å². The zero-order valence-corrected chi connectivity index (χ0v) is 18.8. The largest absolute Gasteiger partial charge is 0.497 e. The molecule has 1 saturated heterocycles. The van der Waals surface area contributed by atoms with Crippen LogP contribution in [0.5, 0.6) is 5.75 Å². The molecule has 1 fully saturated rings. The molecule has 1 N–H and O–H groups in total. The second kappa shape index (κ2) is 10.1. The van der Waals surface area contributed by atoms with Gasteiger partial charge in [0.1, 0.15) is 11.8 Å². The van der Waals surface area contributed by atoms with Gasteiger partial charge < -0.3 is 14.7 Å². The van der Waals surface area contributed by atoms with E-state index in [1.807, 2.05) is 31.2 Å². The zero-order valence-electron chi connectivity index (χ0n) is 18.8. The average Bonchev–Trinajstić information content (AvgIpc) is 2.76. The van der Waals surface area contributed by atoms with Crippen LogP contribution in [0.25, 0.3) is 0 Å². The molecule has 1 aromatic carbocycles. The van der Waals surface area contributed by atoms with Gasteiger partial charge >= 0.3 is 5.97 Å². The number of likely N-dealkylation sites (tertiary alicyclic amines) is 1. The summed E-state index contributed by atoms with van der Waals surface area (Å²) in [6.07, 6.45) is 3.50. The summed E-state index contributed by atoms with van der Waals surface area (Å²) in [4.78, 5) is 38.9. The molecule has 30 heavy (non-hydrogen) atoms. The first kappa shape index (κ1) is 23.9. The number of carboxylic acid groups (broad SMARTS) is 1. The lowest BCUT2D eigenvalue weighted by molar-refractivity contribution is -0.159. The first-order valence-corrected chi connectivity index (χ1v) is 10.9. The lowest BCUT2D eigenvalue weighted by Gasteiger charge is -2.41. The van der Waals surface area contributed by atoms with Gasteiger partial charge in [-0.3, -0.25) is 9.59 Å². The summed E-state index contributed by atoms with van der Waals surface area (Å²) in [5, 5.41) is 9.85. The van der Waals surface area contributed by atoms with E-state index in [2.05, 4.69) is 6.92 Å². The number of hydrogen-bond donors (Lipinski definition) is 1. The Bertz CT molecular complexity index is 755. The summed E-state index contributed by atoms with van der Waals surface area (Å²) in [5.41, 5.74) is 0.375. The molecule has 166 valence electrons. The zero-order chi connectivity index (χ0) is 22.5. The molecule has 3 atom stereocenters. The number of ketones is 1. The fraction of sp³-hybridized carbons (Fsp3) is 0.625. The number of methoxy groups -OCH3 is 1. The summed E-state index contributed by atoms with van der Waals surface area (Å²) in [6.45, 7) is 7.74. The van der Waals surface area contributed by atoms with Gasteiger partial charge in [-0.05, 0) is 55.2 Å². The van der Waals surface area contributed by atoms with Crippen molar-refractivity contribution in [2.45, 2.75) is 71.8 Å². The van der Waals surface area contributed by atoms with Crippen LogP contribution in [0, 0.1) is 11.3 Å². The van der Waals surface area contributed by atoms with Gasteiger partial charge in [-0.15, -0.1) is 0 Å². The lowest BCUT2D eigenvalue weighted by Crippen LogP contribution is -2.54. The average molecular weight is 418 g/mol. The van der Waals surface area contributed by atoms with Crippen LogP contribution in [-0.2, 0) is 14.4 Å². The number of hydrogen-bond acceptors (Lipinski definition) is 4. The Hall–Kier alpha value is -2.37.